The first-order valence-electron chi connectivity index (χ1n) is 5.54. The zero-order valence-corrected chi connectivity index (χ0v) is 10.9. The van der Waals surface area contributed by atoms with Crippen molar-refractivity contribution in [3.63, 3.8) is 0 Å². The van der Waals surface area contributed by atoms with Gasteiger partial charge in [-0.3, -0.25) is 10.1 Å². The van der Waals surface area contributed by atoms with E-state index >= 15 is 0 Å². The van der Waals surface area contributed by atoms with Crippen LogP contribution in [-0.2, 0) is 14.8 Å². The first kappa shape index (κ1) is 14.6. The summed E-state index contributed by atoms with van der Waals surface area (Å²) in [6, 6.07) is 1.20. The largest absolute Gasteiger partial charge is 0.481 e. The number of sulfonamides is 1. The molecule has 0 saturated carbocycles. The molecule has 0 aliphatic carbocycles. The van der Waals surface area contributed by atoms with Gasteiger partial charge in [-0.1, -0.05) is 0 Å². The third kappa shape index (κ3) is 3.03. The van der Waals surface area contributed by atoms with Crippen molar-refractivity contribution in [3.05, 3.63) is 28.1 Å². The first-order valence-corrected chi connectivity index (χ1v) is 7.09. The van der Waals surface area contributed by atoms with Crippen LogP contribution < -0.4 is 9.88 Å². The maximum Gasteiger partial charge on any atom is 0.312 e. The topological polar surface area (TPSA) is 122 Å². The summed E-state index contributed by atoms with van der Waals surface area (Å²) in [4.78, 5) is 9.12. The fourth-order valence-corrected chi connectivity index (χ4v) is 2.37. The van der Waals surface area contributed by atoms with Crippen LogP contribution in [0.2, 0.25) is 0 Å². The predicted molar refractivity (Wildman–Crippen MR) is 64.3 cm³/mol. The normalized spacial score (nSPS) is 19.0. The SMILES string of the molecule is NS(=O)(=O)c1cc([N+](=O)[O-])c(OC2CCOC2)cc1F. The monoisotopic (exact) mass is 306 g/mol. The molecule has 0 aromatic heterocycles. The van der Waals surface area contributed by atoms with E-state index in [-0.39, 0.29) is 12.4 Å². The molecule has 1 heterocycles. The second-order valence-corrected chi connectivity index (χ2v) is 5.69. The summed E-state index contributed by atoms with van der Waals surface area (Å²) >= 11 is 0. The fraction of sp³-hybridized carbons (Fsp3) is 0.400. The average Bonchev–Trinajstić information content (AvgIpc) is 2.79. The number of primary sulfonamides is 1. The number of hydrogen-bond donors (Lipinski definition) is 1. The van der Waals surface area contributed by atoms with Crippen molar-refractivity contribution < 1.29 is 27.2 Å². The Bertz CT molecular complexity index is 641. The number of nitrogens with zero attached hydrogens (tertiary/aromatic N) is 1. The van der Waals surface area contributed by atoms with Crippen LogP contribution in [0.5, 0.6) is 5.75 Å². The Balaban J connectivity index is 2.45. The second-order valence-electron chi connectivity index (χ2n) is 4.16. The summed E-state index contributed by atoms with van der Waals surface area (Å²) in [7, 11) is -4.39. The van der Waals surface area contributed by atoms with Crippen LogP contribution in [0, 0.1) is 15.9 Å². The van der Waals surface area contributed by atoms with Gasteiger partial charge in [-0.15, -0.1) is 0 Å². The molecule has 0 radical (unpaired) electrons. The highest BCUT2D eigenvalue weighted by Crippen LogP contribution is 2.33. The Morgan fingerprint density at radius 2 is 2.20 bits per heavy atom. The molecule has 20 heavy (non-hydrogen) atoms. The molecule has 1 aromatic rings. The number of nitro benzene ring substituents is 1. The van der Waals surface area contributed by atoms with Crippen molar-refractivity contribution in [2.45, 2.75) is 17.4 Å². The minimum Gasteiger partial charge on any atom is -0.481 e. The van der Waals surface area contributed by atoms with Crippen LogP contribution in [-0.4, -0.2) is 32.7 Å². The van der Waals surface area contributed by atoms with Gasteiger partial charge in [0.25, 0.3) is 0 Å². The molecule has 1 aliphatic rings. The van der Waals surface area contributed by atoms with E-state index in [9.17, 15) is 22.9 Å². The maximum atomic E-state index is 13.7. The van der Waals surface area contributed by atoms with Gasteiger partial charge in [0.05, 0.1) is 18.1 Å². The zero-order chi connectivity index (χ0) is 14.9. The Kier molecular flexibility index (Phi) is 3.88. The number of nitrogens with two attached hydrogens (primary N) is 1. The predicted octanol–water partition coefficient (Wildman–Crippen LogP) is 0.549. The molecule has 1 unspecified atom stereocenters. The molecule has 1 saturated heterocycles. The van der Waals surface area contributed by atoms with Gasteiger partial charge < -0.3 is 9.47 Å². The van der Waals surface area contributed by atoms with E-state index < -0.39 is 37.5 Å². The summed E-state index contributed by atoms with van der Waals surface area (Å²) < 4.78 is 46.3. The van der Waals surface area contributed by atoms with Crippen molar-refractivity contribution >= 4 is 15.7 Å². The van der Waals surface area contributed by atoms with E-state index in [1.165, 1.54) is 0 Å². The smallest absolute Gasteiger partial charge is 0.312 e. The van der Waals surface area contributed by atoms with E-state index in [2.05, 4.69) is 0 Å². The Morgan fingerprint density at radius 1 is 1.50 bits per heavy atom. The van der Waals surface area contributed by atoms with Gasteiger partial charge >= 0.3 is 5.69 Å². The number of hydrogen-bond acceptors (Lipinski definition) is 6. The molecule has 0 amide bonds. The van der Waals surface area contributed by atoms with Crippen LogP contribution >= 0.6 is 0 Å². The Morgan fingerprint density at radius 3 is 2.70 bits per heavy atom. The quantitative estimate of drug-likeness (QED) is 0.640. The highest BCUT2D eigenvalue weighted by Gasteiger charge is 2.27. The summed E-state index contributed by atoms with van der Waals surface area (Å²) in [6.45, 7) is 0.673. The summed E-state index contributed by atoms with van der Waals surface area (Å²) in [5.74, 6) is -1.55. The molecule has 1 aliphatic heterocycles. The van der Waals surface area contributed by atoms with E-state index in [1.54, 1.807) is 0 Å². The molecule has 8 nitrogen and oxygen atoms in total. The molecule has 1 atom stereocenters. The lowest BCUT2D eigenvalue weighted by Crippen LogP contribution is -2.18. The van der Waals surface area contributed by atoms with Crippen molar-refractivity contribution in [2.75, 3.05) is 13.2 Å². The third-order valence-corrected chi connectivity index (χ3v) is 3.62. The molecule has 2 rings (SSSR count). The molecule has 2 N–H and O–H groups in total. The molecule has 110 valence electrons. The lowest BCUT2D eigenvalue weighted by molar-refractivity contribution is -0.386. The molecular formula is C10H11FN2O6S. The Labute approximate surface area is 113 Å². The number of benzene rings is 1. The third-order valence-electron chi connectivity index (χ3n) is 2.70. The van der Waals surface area contributed by atoms with Gasteiger partial charge in [0.2, 0.25) is 10.0 Å². The van der Waals surface area contributed by atoms with Crippen molar-refractivity contribution in [1.29, 1.82) is 0 Å². The van der Waals surface area contributed by atoms with Crippen molar-refractivity contribution in [3.8, 4) is 5.75 Å². The molecule has 1 fully saturated rings. The van der Waals surface area contributed by atoms with E-state index in [1.807, 2.05) is 0 Å². The molecule has 10 heteroatoms. The van der Waals surface area contributed by atoms with Gasteiger partial charge in [0.1, 0.15) is 16.8 Å². The summed E-state index contributed by atoms with van der Waals surface area (Å²) in [5, 5.41) is 15.7. The van der Waals surface area contributed by atoms with Gasteiger partial charge in [-0.2, -0.15) is 0 Å². The Hall–Kier alpha value is -1.78. The van der Waals surface area contributed by atoms with Crippen LogP contribution in [0.3, 0.4) is 0 Å². The second kappa shape index (κ2) is 5.31. The first-order chi connectivity index (χ1) is 9.29. The highest BCUT2D eigenvalue weighted by atomic mass is 32.2. The minimum absolute atomic E-state index is 0.232. The van der Waals surface area contributed by atoms with Gasteiger partial charge in [-0.05, 0) is 0 Å². The molecule has 0 bridgehead atoms. The maximum absolute atomic E-state index is 13.7. The van der Waals surface area contributed by atoms with Gasteiger partial charge in [0, 0.05) is 18.6 Å². The van der Waals surface area contributed by atoms with Crippen LogP contribution in [0.1, 0.15) is 6.42 Å². The number of rotatable bonds is 4. The molecular weight excluding hydrogens is 295 g/mol. The lowest BCUT2D eigenvalue weighted by atomic mass is 10.2. The number of halogens is 1. The molecule has 0 spiro atoms. The average molecular weight is 306 g/mol. The van der Waals surface area contributed by atoms with Crippen LogP contribution in [0.25, 0.3) is 0 Å². The van der Waals surface area contributed by atoms with E-state index in [0.717, 1.165) is 0 Å². The van der Waals surface area contributed by atoms with E-state index in [4.69, 9.17) is 14.6 Å². The minimum atomic E-state index is -4.39. The van der Waals surface area contributed by atoms with Crippen LogP contribution in [0.4, 0.5) is 10.1 Å². The number of nitro groups is 1. The number of ether oxygens (including phenoxy) is 2. The fourth-order valence-electron chi connectivity index (χ4n) is 1.76. The van der Waals surface area contributed by atoms with Crippen LogP contribution in [0.15, 0.2) is 17.0 Å². The van der Waals surface area contributed by atoms with Gasteiger partial charge in [0.15, 0.2) is 5.75 Å². The standard InChI is InChI=1S/C10H11FN2O6S/c11-7-3-9(19-6-1-2-18-5-6)8(13(14)15)4-10(7)20(12,16)17/h3-4,6H,1-2,5H2,(H2,12,16,17). The summed E-state index contributed by atoms with van der Waals surface area (Å²) in [5.41, 5.74) is -0.665. The van der Waals surface area contributed by atoms with E-state index in [0.29, 0.717) is 25.2 Å². The van der Waals surface area contributed by atoms with Gasteiger partial charge in [-0.25, -0.2) is 17.9 Å². The van der Waals surface area contributed by atoms with Crippen molar-refractivity contribution in [2.24, 2.45) is 5.14 Å². The lowest BCUT2D eigenvalue weighted by Gasteiger charge is -2.12. The zero-order valence-electron chi connectivity index (χ0n) is 10.1. The molecule has 1 aromatic carbocycles. The highest BCUT2D eigenvalue weighted by molar-refractivity contribution is 7.89. The summed E-state index contributed by atoms with van der Waals surface area (Å²) in [6.07, 6.45) is 0.0730. The van der Waals surface area contributed by atoms with Crippen molar-refractivity contribution in [1.82, 2.24) is 0 Å².